The summed E-state index contributed by atoms with van der Waals surface area (Å²) in [6, 6.07) is 4.12. The van der Waals surface area contributed by atoms with Gasteiger partial charge in [-0.1, -0.05) is 11.6 Å². The maximum absolute atomic E-state index is 12.1. The maximum atomic E-state index is 12.1. The molecule has 1 amide bonds. The van der Waals surface area contributed by atoms with Crippen LogP contribution in [0.25, 0.3) is 0 Å². The van der Waals surface area contributed by atoms with Crippen molar-refractivity contribution in [3.05, 3.63) is 28.8 Å². The summed E-state index contributed by atoms with van der Waals surface area (Å²) in [7, 11) is -3.49. The smallest absolute Gasteiger partial charge is 0.251 e. The molecule has 0 heterocycles. The largest absolute Gasteiger partial charge is 0.394 e. The minimum absolute atomic E-state index is 0.0709. The van der Waals surface area contributed by atoms with Crippen LogP contribution < -0.4 is 5.32 Å². The molecule has 2 N–H and O–H groups in total. The van der Waals surface area contributed by atoms with Gasteiger partial charge >= 0.3 is 0 Å². The molecule has 5 nitrogen and oxygen atoms in total. The molecular formula is C13H16ClNO4S. The minimum Gasteiger partial charge on any atom is -0.394 e. The summed E-state index contributed by atoms with van der Waals surface area (Å²) in [5.41, 5.74) is -0.350. The van der Waals surface area contributed by atoms with Crippen LogP contribution in [0.15, 0.2) is 23.1 Å². The first kappa shape index (κ1) is 15.3. The lowest BCUT2D eigenvalue weighted by Crippen LogP contribution is -2.56. The molecule has 1 aromatic rings. The molecule has 0 saturated heterocycles. The van der Waals surface area contributed by atoms with Crippen molar-refractivity contribution < 1.29 is 18.3 Å². The molecule has 0 aliphatic heterocycles. The van der Waals surface area contributed by atoms with Gasteiger partial charge in [0.25, 0.3) is 5.91 Å². The van der Waals surface area contributed by atoms with E-state index in [4.69, 9.17) is 11.6 Å². The Labute approximate surface area is 122 Å². The first-order chi connectivity index (χ1) is 9.27. The van der Waals surface area contributed by atoms with Crippen LogP contribution in [0.1, 0.15) is 29.6 Å². The van der Waals surface area contributed by atoms with Crippen molar-refractivity contribution in [1.82, 2.24) is 5.32 Å². The van der Waals surface area contributed by atoms with Crippen LogP contribution in [0, 0.1) is 0 Å². The van der Waals surface area contributed by atoms with Crippen LogP contribution in [0.5, 0.6) is 0 Å². The van der Waals surface area contributed by atoms with E-state index in [1.807, 2.05) is 0 Å². The van der Waals surface area contributed by atoms with Crippen molar-refractivity contribution in [3.63, 3.8) is 0 Å². The standard InChI is InChI=1S/C13H16ClNO4S/c1-20(18,19)11-7-9(3-4-10(11)14)12(17)15-13(8-16)5-2-6-13/h3-4,7,16H,2,5-6,8H2,1H3,(H,15,17). The Morgan fingerprint density at radius 3 is 2.55 bits per heavy atom. The zero-order valence-corrected chi connectivity index (χ0v) is 12.6. The van der Waals surface area contributed by atoms with E-state index < -0.39 is 21.3 Å². The molecule has 0 atom stereocenters. The number of rotatable bonds is 4. The summed E-state index contributed by atoms with van der Waals surface area (Å²) in [5.74, 6) is -0.402. The van der Waals surface area contributed by atoms with Gasteiger partial charge in [0.05, 0.1) is 22.1 Å². The Bertz CT molecular complexity index is 632. The Balaban J connectivity index is 2.27. The van der Waals surface area contributed by atoms with E-state index in [1.54, 1.807) is 0 Å². The van der Waals surface area contributed by atoms with Crippen molar-refractivity contribution >= 4 is 27.3 Å². The monoisotopic (exact) mass is 317 g/mol. The topological polar surface area (TPSA) is 83.5 Å². The predicted octanol–water partition coefficient (Wildman–Crippen LogP) is 1.39. The number of aliphatic hydroxyl groups is 1. The Hall–Kier alpha value is -1.11. The lowest BCUT2D eigenvalue weighted by Gasteiger charge is -2.40. The fraction of sp³-hybridized carbons (Fsp3) is 0.462. The first-order valence-electron chi connectivity index (χ1n) is 6.20. The number of aliphatic hydroxyl groups excluding tert-OH is 1. The van der Waals surface area contributed by atoms with E-state index in [-0.39, 0.29) is 22.1 Å². The number of benzene rings is 1. The van der Waals surface area contributed by atoms with E-state index in [2.05, 4.69) is 5.32 Å². The van der Waals surface area contributed by atoms with Crippen molar-refractivity contribution in [1.29, 1.82) is 0 Å². The van der Waals surface area contributed by atoms with Gasteiger partial charge in [0, 0.05) is 11.8 Å². The molecular weight excluding hydrogens is 302 g/mol. The number of carbonyl (C=O) groups is 1. The Morgan fingerprint density at radius 2 is 2.10 bits per heavy atom. The molecule has 0 radical (unpaired) electrons. The second-order valence-electron chi connectivity index (χ2n) is 5.16. The number of sulfone groups is 1. The van der Waals surface area contributed by atoms with Crippen LogP contribution in [-0.4, -0.2) is 37.8 Å². The summed E-state index contributed by atoms with van der Waals surface area (Å²) in [5, 5.41) is 12.2. The SMILES string of the molecule is CS(=O)(=O)c1cc(C(=O)NC2(CO)CCC2)ccc1Cl. The first-order valence-corrected chi connectivity index (χ1v) is 8.47. The predicted molar refractivity (Wildman–Crippen MR) is 75.7 cm³/mol. The summed E-state index contributed by atoms with van der Waals surface area (Å²) >= 11 is 5.83. The fourth-order valence-electron chi connectivity index (χ4n) is 2.17. The van der Waals surface area contributed by atoms with Gasteiger partial charge in [0.2, 0.25) is 0 Å². The van der Waals surface area contributed by atoms with Crippen LogP contribution in [0.4, 0.5) is 0 Å². The third-order valence-corrected chi connectivity index (χ3v) is 5.16. The third-order valence-electron chi connectivity index (χ3n) is 3.58. The molecule has 7 heteroatoms. The molecule has 1 fully saturated rings. The van der Waals surface area contributed by atoms with Crippen LogP contribution in [0.2, 0.25) is 5.02 Å². The lowest BCUT2D eigenvalue weighted by molar-refractivity contribution is 0.0641. The molecule has 0 bridgehead atoms. The van der Waals surface area contributed by atoms with Gasteiger partial charge in [-0.2, -0.15) is 0 Å². The average molecular weight is 318 g/mol. The minimum atomic E-state index is -3.49. The van der Waals surface area contributed by atoms with Crippen molar-refractivity contribution in [2.45, 2.75) is 29.7 Å². The number of carbonyl (C=O) groups excluding carboxylic acids is 1. The van der Waals surface area contributed by atoms with E-state index in [0.29, 0.717) is 0 Å². The number of nitrogens with one attached hydrogen (secondary N) is 1. The highest BCUT2D eigenvalue weighted by Gasteiger charge is 2.37. The number of hydrogen-bond acceptors (Lipinski definition) is 4. The van der Waals surface area contributed by atoms with Crippen LogP contribution >= 0.6 is 11.6 Å². The second kappa shape index (κ2) is 5.35. The van der Waals surface area contributed by atoms with E-state index in [1.165, 1.54) is 18.2 Å². The Kier molecular flexibility index (Phi) is 4.09. The molecule has 0 unspecified atom stereocenters. The van der Waals surface area contributed by atoms with Crippen molar-refractivity contribution in [2.75, 3.05) is 12.9 Å². The quantitative estimate of drug-likeness (QED) is 0.879. The van der Waals surface area contributed by atoms with Gasteiger partial charge in [-0.05, 0) is 37.5 Å². The molecule has 1 aliphatic carbocycles. The van der Waals surface area contributed by atoms with Crippen molar-refractivity contribution in [3.8, 4) is 0 Å². The van der Waals surface area contributed by atoms with Gasteiger partial charge < -0.3 is 10.4 Å². The van der Waals surface area contributed by atoms with E-state index in [9.17, 15) is 18.3 Å². The second-order valence-corrected chi connectivity index (χ2v) is 7.55. The molecule has 20 heavy (non-hydrogen) atoms. The molecule has 1 saturated carbocycles. The zero-order valence-electron chi connectivity index (χ0n) is 11.0. The van der Waals surface area contributed by atoms with E-state index in [0.717, 1.165) is 25.5 Å². The molecule has 1 aliphatic rings. The molecule has 2 rings (SSSR count). The molecule has 0 aromatic heterocycles. The van der Waals surface area contributed by atoms with Gasteiger partial charge in [-0.3, -0.25) is 4.79 Å². The maximum Gasteiger partial charge on any atom is 0.251 e. The average Bonchev–Trinajstić information content (AvgIpc) is 2.32. The fourth-order valence-corrected chi connectivity index (χ4v) is 3.47. The zero-order chi connectivity index (χ0) is 15.0. The lowest BCUT2D eigenvalue weighted by atomic mass is 9.77. The normalized spacial score (nSPS) is 17.4. The highest BCUT2D eigenvalue weighted by molar-refractivity contribution is 7.90. The number of halogens is 1. The van der Waals surface area contributed by atoms with Gasteiger partial charge in [-0.25, -0.2) is 8.42 Å². The molecule has 0 spiro atoms. The molecule has 110 valence electrons. The van der Waals surface area contributed by atoms with E-state index >= 15 is 0 Å². The summed E-state index contributed by atoms with van der Waals surface area (Å²) in [6.45, 7) is -0.120. The van der Waals surface area contributed by atoms with Gasteiger partial charge in [0.15, 0.2) is 9.84 Å². The highest BCUT2D eigenvalue weighted by Crippen LogP contribution is 2.31. The van der Waals surface area contributed by atoms with Gasteiger partial charge in [0.1, 0.15) is 0 Å². The summed E-state index contributed by atoms with van der Waals surface area (Å²) in [4.78, 5) is 12.1. The van der Waals surface area contributed by atoms with Crippen LogP contribution in [-0.2, 0) is 9.84 Å². The molecule has 1 aromatic carbocycles. The number of hydrogen-bond donors (Lipinski definition) is 2. The highest BCUT2D eigenvalue weighted by atomic mass is 35.5. The summed E-state index contributed by atoms with van der Waals surface area (Å²) < 4.78 is 23.2. The van der Waals surface area contributed by atoms with Crippen molar-refractivity contribution in [2.24, 2.45) is 0 Å². The van der Waals surface area contributed by atoms with Crippen LogP contribution in [0.3, 0.4) is 0 Å². The number of amides is 1. The summed E-state index contributed by atoms with van der Waals surface area (Å²) in [6.07, 6.45) is 3.44. The Morgan fingerprint density at radius 1 is 1.45 bits per heavy atom. The third kappa shape index (κ3) is 2.97. The van der Waals surface area contributed by atoms with Gasteiger partial charge in [-0.15, -0.1) is 0 Å².